The van der Waals surface area contributed by atoms with Gasteiger partial charge < -0.3 is 15.5 Å². The molecular formula is C21H24N4O2. The minimum absolute atomic E-state index is 0.150. The lowest BCUT2D eigenvalue weighted by Crippen LogP contribution is -2.43. The molecule has 2 amide bonds. The van der Waals surface area contributed by atoms with Crippen molar-refractivity contribution in [2.24, 2.45) is 0 Å². The predicted molar refractivity (Wildman–Crippen MR) is 106 cm³/mol. The Morgan fingerprint density at radius 3 is 2.67 bits per heavy atom. The molecule has 1 aliphatic heterocycles. The molecule has 1 fully saturated rings. The monoisotopic (exact) mass is 364 g/mol. The van der Waals surface area contributed by atoms with E-state index in [0.29, 0.717) is 17.1 Å². The smallest absolute Gasteiger partial charge is 0.270 e. The molecule has 1 aromatic carbocycles. The Morgan fingerprint density at radius 1 is 1.19 bits per heavy atom. The molecule has 1 aliphatic rings. The molecule has 1 aromatic heterocycles. The van der Waals surface area contributed by atoms with E-state index in [1.807, 2.05) is 30.3 Å². The van der Waals surface area contributed by atoms with E-state index in [9.17, 15) is 9.59 Å². The Hall–Kier alpha value is -2.99. The van der Waals surface area contributed by atoms with Gasteiger partial charge in [0.25, 0.3) is 5.91 Å². The summed E-state index contributed by atoms with van der Waals surface area (Å²) in [4.78, 5) is 30.8. The third kappa shape index (κ3) is 5.01. The van der Waals surface area contributed by atoms with E-state index in [-0.39, 0.29) is 17.9 Å². The van der Waals surface area contributed by atoms with Gasteiger partial charge in [0.15, 0.2) is 0 Å². The number of rotatable bonds is 5. The van der Waals surface area contributed by atoms with Crippen LogP contribution in [0, 0.1) is 0 Å². The minimum atomic E-state index is -0.272. The van der Waals surface area contributed by atoms with Crippen LogP contribution >= 0.6 is 0 Å². The number of benzene rings is 1. The molecule has 0 atom stereocenters. The van der Waals surface area contributed by atoms with Crippen LogP contribution in [-0.4, -0.2) is 47.9 Å². The van der Waals surface area contributed by atoms with Crippen molar-refractivity contribution in [3.05, 3.63) is 60.8 Å². The molecule has 1 saturated heterocycles. The van der Waals surface area contributed by atoms with Gasteiger partial charge in [0.1, 0.15) is 5.69 Å². The minimum Gasteiger partial charge on any atom is -0.348 e. The molecule has 0 bridgehead atoms. The number of aromatic nitrogens is 1. The lowest BCUT2D eigenvalue weighted by Gasteiger charge is -2.29. The molecule has 2 heterocycles. The predicted octanol–water partition coefficient (Wildman–Crippen LogP) is 2.70. The summed E-state index contributed by atoms with van der Waals surface area (Å²) in [6.45, 7) is 5.42. The maximum absolute atomic E-state index is 12.6. The summed E-state index contributed by atoms with van der Waals surface area (Å²) in [6, 6.07) is 12.9. The van der Waals surface area contributed by atoms with Crippen molar-refractivity contribution in [2.75, 3.05) is 25.5 Å². The third-order valence-electron chi connectivity index (χ3n) is 4.65. The number of hydrogen-bond acceptors (Lipinski definition) is 4. The third-order valence-corrected chi connectivity index (χ3v) is 4.65. The van der Waals surface area contributed by atoms with Crippen molar-refractivity contribution < 1.29 is 9.59 Å². The molecule has 2 aromatic rings. The molecule has 0 aliphatic carbocycles. The van der Waals surface area contributed by atoms with Gasteiger partial charge in [-0.25, -0.2) is 4.98 Å². The van der Waals surface area contributed by atoms with Gasteiger partial charge in [-0.1, -0.05) is 24.8 Å². The fraction of sp³-hybridized carbons (Fsp3) is 0.286. The van der Waals surface area contributed by atoms with Crippen LogP contribution in [0.1, 0.15) is 23.3 Å². The molecule has 6 heteroatoms. The Labute approximate surface area is 159 Å². The number of piperidine rings is 1. The van der Waals surface area contributed by atoms with E-state index >= 15 is 0 Å². The number of carbonyl (C=O) groups excluding carboxylic acids is 2. The molecule has 6 nitrogen and oxygen atoms in total. The number of likely N-dealkylation sites (tertiary alicyclic amines) is 1. The van der Waals surface area contributed by atoms with Crippen LogP contribution in [0.25, 0.3) is 11.3 Å². The molecule has 3 rings (SSSR count). The van der Waals surface area contributed by atoms with Gasteiger partial charge in [-0.2, -0.15) is 0 Å². The zero-order chi connectivity index (χ0) is 19.2. The first-order chi connectivity index (χ1) is 13.0. The molecule has 27 heavy (non-hydrogen) atoms. The zero-order valence-electron chi connectivity index (χ0n) is 15.4. The van der Waals surface area contributed by atoms with Gasteiger partial charge >= 0.3 is 0 Å². The first kappa shape index (κ1) is 18.8. The van der Waals surface area contributed by atoms with Crippen molar-refractivity contribution in [2.45, 2.75) is 18.9 Å². The van der Waals surface area contributed by atoms with Gasteiger partial charge in [-0.3, -0.25) is 9.59 Å². The second-order valence-corrected chi connectivity index (χ2v) is 6.73. The molecular weight excluding hydrogens is 340 g/mol. The molecule has 2 N–H and O–H groups in total. The molecule has 0 radical (unpaired) electrons. The molecule has 0 spiro atoms. The van der Waals surface area contributed by atoms with Gasteiger partial charge in [-0.15, -0.1) is 0 Å². The van der Waals surface area contributed by atoms with Crippen molar-refractivity contribution in [3.63, 3.8) is 0 Å². The summed E-state index contributed by atoms with van der Waals surface area (Å²) in [5.41, 5.74) is 2.55. The van der Waals surface area contributed by atoms with E-state index in [1.165, 1.54) is 6.08 Å². The van der Waals surface area contributed by atoms with Crippen molar-refractivity contribution in [1.29, 1.82) is 0 Å². The summed E-state index contributed by atoms with van der Waals surface area (Å²) >= 11 is 0. The quantitative estimate of drug-likeness (QED) is 0.800. The number of hydrogen-bond donors (Lipinski definition) is 2. The van der Waals surface area contributed by atoms with Crippen LogP contribution in [0.2, 0.25) is 0 Å². The van der Waals surface area contributed by atoms with E-state index in [2.05, 4.69) is 34.1 Å². The van der Waals surface area contributed by atoms with Crippen LogP contribution in [0.3, 0.4) is 0 Å². The highest BCUT2D eigenvalue weighted by molar-refractivity contribution is 5.99. The van der Waals surface area contributed by atoms with Crippen LogP contribution in [0.5, 0.6) is 0 Å². The van der Waals surface area contributed by atoms with E-state index < -0.39 is 0 Å². The standard InChI is InChI=1S/C21H24N4O2/c1-3-20(26)22-17-7-4-6-15(14-17)18-8-5-9-19(24-18)21(27)23-16-10-12-25(2)13-11-16/h3-9,14,16H,1,10-13H2,2H3,(H,22,26)(H,23,27). The average Bonchev–Trinajstić information content (AvgIpc) is 2.70. The van der Waals surface area contributed by atoms with Crippen LogP contribution in [-0.2, 0) is 4.79 Å². The highest BCUT2D eigenvalue weighted by Gasteiger charge is 2.19. The average molecular weight is 364 g/mol. The van der Waals surface area contributed by atoms with Crippen LogP contribution in [0.15, 0.2) is 55.1 Å². The van der Waals surface area contributed by atoms with E-state index in [0.717, 1.165) is 31.5 Å². The van der Waals surface area contributed by atoms with Gasteiger partial charge in [-0.05, 0) is 63.3 Å². The van der Waals surface area contributed by atoms with Gasteiger partial charge in [0.05, 0.1) is 5.69 Å². The first-order valence-electron chi connectivity index (χ1n) is 9.05. The normalized spacial score (nSPS) is 15.1. The van der Waals surface area contributed by atoms with Crippen molar-refractivity contribution in [1.82, 2.24) is 15.2 Å². The van der Waals surface area contributed by atoms with E-state index in [1.54, 1.807) is 12.1 Å². The van der Waals surface area contributed by atoms with Crippen molar-refractivity contribution >= 4 is 17.5 Å². The number of nitrogens with one attached hydrogen (secondary N) is 2. The molecule has 140 valence electrons. The second-order valence-electron chi connectivity index (χ2n) is 6.73. The highest BCUT2D eigenvalue weighted by atomic mass is 16.2. The Bertz CT molecular complexity index is 842. The summed E-state index contributed by atoms with van der Waals surface area (Å²) in [7, 11) is 2.09. The van der Waals surface area contributed by atoms with Gasteiger partial charge in [0, 0.05) is 17.3 Å². The largest absolute Gasteiger partial charge is 0.348 e. The number of carbonyl (C=O) groups is 2. The highest BCUT2D eigenvalue weighted by Crippen LogP contribution is 2.21. The fourth-order valence-electron chi connectivity index (χ4n) is 3.08. The maximum Gasteiger partial charge on any atom is 0.270 e. The number of pyridine rings is 1. The molecule has 0 unspecified atom stereocenters. The second kappa shape index (κ2) is 8.60. The number of anilines is 1. The van der Waals surface area contributed by atoms with Crippen LogP contribution in [0.4, 0.5) is 5.69 Å². The summed E-state index contributed by atoms with van der Waals surface area (Å²) in [5.74, 6) is -0.422. The summed E-state index contributed by atoms with van der Waals surface area (Å²) in [6.07, 6.45) is 3.12. The Balaban J connectivity index is 1.73. The maximum atomic E-state index is 12.6. The van der Waals surface area contributed by atoms with Crippen LogP contribution < -0.4 is 10.6 Å². The van der Waals surface area contributed by atoms with Gasteiger partial charge in [0.2, 0.25) is 5.91 Å². The number of amides is 2. The summed E-state index contributed by atoms with van der Waals surface area (Å²) in [5, 5.41) is 5.81. The molecule has 0 saturated carbocycles. The van der Waals surface area contributed by atoms with E-state index in [4.69, 9.17) is 0 Å². The Morgan fingerprint density at radius 2 is 1.93 bits per heavy atom. The van der Waals surface area contributed by atoms with Crippen molar-refractivity contribution in [3.8, 4) is 11.3 Å². The zero-order valence-corrected chi connectivity index (χ0v) is 15.4. The fourth-order valence-corrected chi connectivity index (χ4v) is 3.08. The SMILES string of the molecule is C=CC(=O)Nc1cccc(-c2cccc(C(=O)NC3CCN(C)CC3)n2)c1. The lowest BCUT2D eigenvalue weighted by molar-refractivity contribution is -0.111. The number of nitrogens with zero attached hydrogens (tertiary/aromatic N) is 2. The first-order valence-corrected chi connectivity index (χ1v) is 9.05. The Kier molecular flexibility index (Phi) is 5.98. The topological polar surface area (TPSA) is 74.3 Å². The summed E-state index contributed by atoms with van der Waals surface area (Å²) < 4.78 is 0. The lowest BCUT2D eigenvalue weighted by atomic mass is 10.1.